The van der Waals surface area contributed by atoms with Crippen molar-refractivity contribution >= 4 is 5.91 Å². The molecule has 3 N–H and O–H groups in total. The Kier molecular flexibility index (Phi) is 4.66. The Morgan fingerprint density at radius 1 is 1.22 bits per heavy atom. The number of rotatable bonds is 5. The van der Waals surface area contributed by atoms with Gasteiger partial charge in [-0.1, -0.05) is 26.7 Å². The van der Waals surface area contributed by atoms with E-state index in [2.05, 4.69) is 19.2 Å². The molecule has 3 heteroatoms. The maximum absolute atomic E-state index is 12.0. The van der Waals surface area contributed by atoms with Crippen LogP contribution in [0.5, 0.6) is 0 Å². The van der Waals surface area contributed by atoms with Crippen molar-refractivity contribution in [2.75, 3.05) is 0 Å². The van der Waals surface area contributed by atoms with Crippen molar-refractivity contribution in [1.82, 2.24) is 5.32 Å². The van der Waals surface area contributed by atoms with Crippen molar-refractivity contribution in [3.8, 4) is 0 Å². The molecule has 0 aromatic heterocycles. The van der Waals surface area contributed by atoms with E-state index in [9.17, 15) is 4.79 Å². The van der Waals surface area contributed by atoms with Gasteiger partial charge in [-0.25, -0.2) is 0 Å². The predicted molar refractivity (Wildman–Crippen MR) is 74.0 cm³/mol. The third-order valence-electron chi connectivity index (χ3n) is 4.67. The quantitative estimate of drug-likeness (QED) is 0.789. The Labute approximate surface area is 111 Å². The second-order valence-corrected chi connectivity index (χ2v) is 6.57. The lowest BCUT2D eigenvalue weighted by atomic mass is 9.78. The standard InChI is InChI=1S/C15H28N2O/c1-10(2)12-5-3-4-6-14(12)17-15(18)9-13(16)11-7-8-11/h10-14H,3-9,16H2,1-2H3,(H,17,18). The van der Waals surface area contributed by atoms with Crippen LogP contribution < -0.4 is 11.1 Å². The minimum absolute atomic E-state index is 0.0890. The van der Waals surface area contributed by atoms with Gasteiger partial charge in [-0.2, -0.15) is 0 Å². The molecule has 2 fully saturated rings. The van der Waals surface area contributed by atoms with Crippen LogP contribution in [0.2, 0.25) is 0 Å². The van der Waals surface area contributed by atoms with Gasteiger partial charge >= 0.3 is 0 Å². The van der Waals surface area contributed by atoms with Gasteiger partial charge in [0.25, 0.3) is 0 Å². The Morgan fingerprint density at radius 2 is 1.89 bits per heavy atom. The van der Waals surface area contributed by atoms with E-state index in [1.165, 1.54) is 32.1 Å². The molecule has 0 radical (unpaired) electrons. The van der Waals surface area contributed by atoms with E-state index in [0.29, 0.717) is 30.2 Å². The monoisotopic (exact) mass is 252 g/mol. The summed E-state index contributed by atoms with van der Waals surface area (Å²) in [6, 6.07) is 0.476. The summed E-state index contributed by atoms with van der Waals surface area (Å²) in [6.07, 6.45) is 7.93. The second-order valence-electron chi connectivity index (χ2n) is 6.57. The molecule has 2 saturated carbocycles. The predicted octanol–water partition coefficient (Wildman–Crippen LogP) is 2.44. The Hall–Kier alpha value is -0.570. The van der Waals surface area contributed by atoms with Gasteiger partial charge in [-0.05, 0) is 43.4 Å². The van der Waals surface area contributed by atoms with Crippen LogP contribution in [0.4, 0.5) is 0 Å². The minimum atomic E-state index is 0.0890. The molecule has 3 nitrogen and oxygen atoms in total. The van der Waals surface area contributed by atoms with E-state index in [4.69, 9.17) is 5.73 Å². The first-order valence-electron chi connectivity index (χ1n) is 7.63. The summed E-state index contributed by atoms with van der Waals surface area (Å²) in [6.45, 7) is 4.54. The Morgan fingerprint density at radius 3 is 2.50 bits per heavy atom. The lowest BCUT2D eigenvalue weighted by Gasteiger charge is -2.35. The third kappa shape index (κ3) is 3.71. The Balaban J connectivity index is 1.80. The van der Waals surface area contributed by atoms with Gasteiger partial charge in [-0.3, -0.25) is 4.79 Å². The van der Waals surface area contributed by atoms with Crippen molar-refractivity contribution in [1.29, 1.82) is 0 Å². The van der Waals surface area contributed by atoms with Gasteiger partial charge in [0.2, 0.25) is 5.91 Å². The number of hydrogen-bond acceptors (Lipinski definition) is 2. The molecule has 0 spiro atoms. The third-order valence-corrected chi connectivity index (χ3v) is 4.67. The zero-order valence-electron chi connectivity index (χ0n) is 11.8. The molecule has 2 aliphatic carbocycles. The van der Waals surface area contributed by atoms with Crippen LogP contribution in [-0.4, -0.2) is 18.0 Å². The van der Waals surface area contributed by atoms with Crippen LogP contribution in [0, 0.1) is 17.8 Å². The number of nitrogens with two attached hydrogens (primary N) is 1. The van der Waals surface area contributed by atoms with Gasteiger partial charge in [0.05, 0.1) is 0 Å². The Bertz CT molecular complexity index is 286. The van der Waals surface area contributed by atoms with Crippen LogP contribution in [0.1, 0.15) is 58.8 Å². The lowest BCUT2D eigenvalue weighted by molar-refractivity contribution is -0.123. The normalized spacial score (nSPS) is 30.2. The molecular weight excluding hydrogens is 224 g/mol. The fourth-order valence-corrected chi connectivity index (χ4v) is 3.31. The van der Waals surface area contributed by atoms with E-state index in [1.54, 1.807) is 0 Å². The van der Waals surface area contributed by atoms with E-state index in [-0.39, 0.29) is 11.9 Å². The van der Waals surface area contributed by atoms with Gasteiger partial charge in [-0.15, -0.1) is 0 Å². The van der Waals surface area contributed by atoms with Crippen molar-refractivity contribution in [3.05, 3.63) is 0 Å². The zero-order valence-corrected chi connectivity index (χ0v) is 11.8. The topological polar surface area (TPSA) is 55.1 Å². The average molecular weight is 252 g/mol. The fourth-order valence-electron chi connectivity index (χ4n) is 3.31. The fraction of sp³-hybridized carbons (Fsp3) is 0.933. The number of hydrogen-bond donors (Lipinski definition) is 2. The lowest BCUT2D eigenvalue weighted by Crippen LogP contribution is -2.45. The molecule has 18 heavy (non-hydrogen) atoms. The van der Waals surface area contributed by atoms with E-state index in [0.717, 1.165) is 6.42 Å². The molecule has 0 aromatic carbocycles. The number of amides is 1. The summed E-state index contributed by atoms with van der Waals surface area (Å²) in [5, 5.41) is 3.24. The molecule has 1 amide bonds. The molecule has 0 saturated heterocycles. The molecule has 3 unspecified atom stereocenters. The van der Waals surface area contributed by atoms with Crippen molar-refractivity contribution in [2.24, 2.45) is 23.5 Å². The van der Waals surface area contributed by atoms with Gasteiger partial charge < -0.3 is 11.1 Å². The first kappa shape index (κ1) is 13.9. The molecule has 2 rings (SSSR count). The summed E-state index contributed by atoms with van der Waals surface area (Å²) in [7, 11) is 0. The smallest absolute Gasteiger partial charge is 0.221 e. The van der Waals surface area contributed by atoms with E-state index < -0.39 is 0 Å². The molecule has 0 heterocycles. The highest BCUT2D eigenvalue weighted by atomic mass is 16.1. The summed E-state index contributed by atoms with van der Waals surface area (Å²) in [5.74, 6) is 2.10. The molecule has 0 bridgehead atoms. The number of nitrogens with one attached hydrogen (secondary N) is 1. The second kappa shape index (κ2) is 6.05. The van der Waals surface area contributed by atoms with Gasteiger partial charge in [0.15, 0.2) is 0 Å². The molecule has 3 atom stereocenters. The number of carbonyl (C=O) groups excluding carboxylic acids is 1. The van der Waals surface area contributed by atoms with Crippen LogP contribution in [0.15, 0.2) is 0 Å². The highest BCUT2D eigenvalue weighted by molar-refractivity contribution is 5.77. The highest BCUT2D eigenvalue weighted by Gasteiger charge is 2.32. The van der Waals surface area contributed by atoms with Crippen molar-refractivity contribution in [3.63, 3.8) is 0 Å². The van der Waals surface area contributed by atoms with Crippen molar-refractivity contribution < 1.29 is 4.79 Å². The summed E-state index contributed by atoms with van der Waals surface area (Å²) in [4.78, 5) is 12.0. The summed E-state index contributed by atoms with van der Waals surface area (Å²) < 4.78 is 0. The van der Waals surface area contributed by atoms with Crippen LogP contribution in [0.25, 0.3) is 0 Å². The first-order valence-corrected chi connectivity index (χ1v) is 7.63. The van der Waals surface area contributed by atoms with Gasteiger partial charge in [0, 0.05) is 18.5 Å². The summed E-state index contributed by atoms with van der Waals surface area (Å²) >= 11 is 0. The number of carbonyl (C=O) groups is 1. The highest BCUT2D eigenvalue weighted by Crippen LogP contribution is 2.33. The minimum Gasteiger partial charge on any atom is -0.353 e. The van der Waals surface area contributed by atoms with Crippen LogP contribution in [-0.2, 0) is 4.79 Å². The van der Waals surface area contributed by atoms with Crippen molar-refractivity contribution in [2.45, 2.75) is 70.9 Å². The maximum atomic E-state index is 12.0. The molecule has 0 aromatic rings. The molecule has 104 valence electrons. The molecule has 0 aliphatic heterocycles. The first-order chi connectivity index (χ1) is 8.58. The zero-order chi connectivity index (χ0) is 13.1. The van der Waals surface area contributed by atoms with Gasteiger partial charge in [0.1, 0.15) is 0 Å². The average Bonchev–Trinajstić information content (AvgIpc) is 3.12. The maximum Gasteiger partial charge on any atom is 0.221 e. The molecular formula is C15H28N2O. The molecule has 2 aliphatic rings. The van der Waals surface area contributed by atoms with E-state index in [1.807, 2.05) is 0 Å². The van der Waals surface area contributed by atoms with E-state index >= 15 is 0 Å². The van der Waals surface area contributed by atoms with Crippen LogP contribution in [0.3, 0.4) is 0 Å². The summed E-state index contributed by atoms with van der Waals surface area (Å²) in [5.41, 5.74) is 6.02. The SMILES string of the molecule is CC(C)C1CCCCC1NC(=O)CC(N)C1CC1. The van der Waals surface area contributed by atoms with Crippen LogP contribution >= 0.6 is 0 Å². The largest absolute Gasteiger partial charge is 0.353 e.